The highest BCUT2D eigenvalue weighted by atomic mass is 35.5. The maximum atomic E-state index is 6.55. The number of halogens is 2. The molecule has 4 rings (SSSR count). The normalized spacial score (nSPS) is 13.9. The van der Waals surface area contributed by atoms with Crippen LogP contribution < -0.4 is 15.0 Å². The van der Waals surface area contributed by atoms with Crippen molar-refractivity contribution in [3.63, 3.8) is 0 Å². The highest BCUT2D eigenvalue weighted by molar-refractivity contribution is 6.33. The van der Waals surface area contributed by atoms with Crippen LogP contribution in [0.25, 0.3) is 0 Å². The van der Waals surface area contributed by atoms with Crippen molar-refractivity contribution >= 4 is 34.6 Å². The molecule has 3 aromatic carbocycles. The van der Waals surface area contributed by atoms with E-state index in [9.17, 15) is 0 Å². The molecule has 3 aromatic rings. The number of rotatable bonds is 7. The van der Waals surface area contributed by atoms with Crippen molar-refractivity contribution in [3.8, 4) is 5.75 Å². The van der Waals surface area contributed by atoms with E-state index in [4.69, 9.17) is 27.9 Å². The average molecular weight is 441 g/mol. The predicted molar refractivity (Wildman–Crippen MR) is 127 cm³/mol. The highest BCUT2D eigenvalue weighted by Gasteiger charge is 2.14. The van der Waals surface area contributed by atoms with Crippen LogP contribution in [0, 0.1) is 0 Å². The molecule has 1 saturated heterocycles. The number of hydrogen-bond acceptors (Lipinski definition) is 3. The summed E-state index contributed by atoms with van der Waals surface area (Å²) >= 11 is 12.5. The molecule has 0 atom stereocenters. The Balaban J connectivity index is 1.29. The zero-order chi connectivity index (χ0) is 20.8. The van der Waals surface area contributed by atoms with Gasteiger partial charge in [-0.3, -0.25) is 0 Å². The summed E-state index contributed by atoms with van der Waals surface area (Å²) in [5.41, 5.74) is 4.45. The Morgan fingerprint density at radius 1 is 0.800 bits per heavy atom. The van der Waals surface area contributed by atoms with E-state index in [1.807, 2.05) is 42.5 Å². The van der Waals surface area contributed by atoms with Gasteiger partial charge in [0.25, 0.3) is 0 Å². The van der Waals surface area contributed by atoms with Crippen LogP contribution >= 0.6 is 23.2 Å². The van der Waals surface area contributed by atoms with Crippen molar-refractivity contribution in [1.29, 1.82) is 0 Å². The summed E-state index contributed by atoms with van der Waals surface area (Å²) in [5.74, 6) is 0.850. The monoisotopic (exact) mass is 440 g/mol. The summed E-state index contributed by atoms with van der Waals surface area (Å²) in [6.45, 7) is 3.45. The molecule has 0 saturated carbocycles. The summed E-state index contributed by atoms with van der Waals surface area (Å²) in [7, 11) is 0. The standard InChI is InChI=1S/C25H26Cl2N2O/c26-21-8-4-20(5-9-21)18-30-23-11-6-19(7-12-23)17-28-22-10-13-25(24(27)16-22)29-14-2-1-3-15-29/h4-13,16,28H,1-3,14-15,17-18H2. The van der Waals surface area contributed by atoms with E-state index in [2.05, 4.69) is 34.5 Å². The Kier molecular flexibility index (Phi) is 7.03. The fraction of sp³-hybridized carbons (Fsp3) is 0.280. The Morgan fingerprint density at radius 2 is 1.50 bits per heavy atom. The highest BCUT2D eigenvalue weighted by Crippen LogP contribution is 2.31. The quantitative estimate of drug-likeness (QED) is 0.421. The third-order valence-corrected chi connectivity index (χ3v) is 5.94. The van der Waals surface area contributed by atoms with Crippen molar-refractivity contribution in [2.45, 2.75) is 32.4 Å². The van der Waals surface area contributed by atoms with Gasteiger partial charge in [0.15, 0.2) is 0 Å². The molecular weight excluding hydrogens is 415 g/mol. The summed E-state index contributed by atoms with van der Waals surface area (Å²) < 4.78 is 5.85. The molecule has 156 valence electrons. The van der Waals surface area contributed by atoms with Crippen LogP contribution in [0.2, 0.25) is 10.0 Å². The van der Waals surface area contributed by atoms with Crippen molar-refractivity contribution in [1.82, 2.24) is 0 Å². The van der Waals surface area contributed by atoms with Crippen LogP contribution in [0.5, 0.6) is 5.75 Å². The Bertz CT molecular complexity index is 952. The first kappa shape index (κ1) is 20.9. The summed E-state index contributed by atoms with van der Waals surface area (Å²) in [5, 5.41) is 5.01. The second-order valence-corrected chi connectivity index (χ2v) is 8.47. The number of benzene rings is 3. The van der Waals surface area contributed by atoms with Gasteiger partial charge in [-0.1, -0.05) is 47.5 Å². The summed E-state index contributed by atoms with van der Waals surface area (Å²) in [6, 6.07) is 22.1. The number of nitrogens with one attached hydrogen (secondary N) is 1. The SMILES string of the molecule is Clc1ccc(COc2ccc(CNc3ccc(N4CCCCC4)c(Cl)c3)cc2)cc1. The Labute approximate surface area is 188 Å². The fourth-order valence-electron chi connectivity index (χ4n) is 3.66. The zero-order valence-corrected chi connectivity index (χ0v) is 18.4. The van der Waals surface area contributed by atoms with Gasteiger partial charge >= 0.3 is 0 Å². The zero-order valence-electron chi connectivity index (χ0n) is 16.9. The van der Waals surface area contributed by atoms with Crippen LogP contribution in [0.15, 0.2) is 66.7 Å². The van der Waals surface area contributed by atoms with Gasteiger partial charge in [-0.15, -0.1) is 0 Å². The van der Waals surface area contributed by atoms with Crippen molar-refractivity contribution in [2.24, 2.45) is 0 Å². The number of nitrogens with zero attached hydrogens (tertiary/aromatic N) is 1. The van der Waals surface area contributed by atoms with E-state index in [1.165, 1.54) is 24.8 Å². The first-order valence-corrected chi connectivity index (χ1v) is 11.2. The molecule has 1 aliphatic rings. The van der Waals surface area contributed by atoms with Gasteiger partial charge in [-0.2, -0.15) is 0 Å². The largest absolute Gasteiger partial charge is 0.489 e. The third-order valence-electron chi connectivity index (χ3n) is 5.38. The molecule has 0 spiro atoms. The lowest BCUT2D eigenvalue weighted by Gasteiger charge is -2.29. The van der Waals surface area contributed by atoms with Gasteiger partial charge in [0, 0.05) is 30.3 Å². The molecule has 0 aromatic heterocycles. The van der Waals surface area contributed by atoms with E-state index in [0.717, 1.165) is 52.4 Å². The maximum Gasteiger partial charge on any atom is 0.119 e. The molecule has 30 heavy (non-hydrogen) atoms. The lowest BCUT2D eigenvalue weighted by molar-refractivity contribution is 0.306. The van der Waals surface area contributed by atoms with Gasteiger partial charge < -0.3 is 15.0 Å². The molecular formula is C25H26Cl2N2O. The van der Waals surface area contributed by atoms with Crippen LogP contribution in [-0.4, -0.2) is 13.1 Å². The number of ether oxygens (including phenoxy) is 1. The van der Waals surface area contributed by atoms with Gasteiger partial charge in [0.2, 0.25) is 0 Å². The molecule has 1 N–H and O–H groups in total. The first-order chi connectivity index (χ1) is 14.7. The van der Waals surface area contributed by atoms with Gasteiger partial charge in [-0.05, 0) is 72.9 Å². The van der Waals surface area contributed by atoms with Gasteiger partial charge in [0.1, 0.15) is 12.4 Å². The Hall–Kier alpha value is -2.36. The minimum absolute atomic E-state index is 0.524. The summed E-state index contributed by atoms with van der Waals surface area (Å²) in [4.78, 5) is 2.39. The maximum absolute atomic E-state index is 6.55. The second kappa shape index (κ2) is 10.1. The molecule has 5 heteroatoms. The molecule has 1 aliphatic heterocycles. The number of hydrogen-bond donors (Lipinski definition) is 1. The van der Waals surface area contributed by atoms with E-state index >= 15 is 0 Å². The Morgan fingerprint density at radius 3 is 2.20 bits per heavy atom. The van der Waals surface area contributed by atoms with Crippen molar-refractivity contribution < 1.29 is 4.74 Å². The molecule has 0 radical (unpaired) electrons. The van der Waals surface area contributed by atoms with Crippen LogP contribution in [0.3, 0.4) is 0 Å². The van der Waals surface area contributed by atoms with Crippen LogP contribution in [0.4, 0.5) is 11.4 Å². The number of anilines is 2. The average Bonchev–Trinajstić information content (AvgIpc) is 2.79. The van der Waals surface area contributed by atoms with E-state index in [-0.39, 0.29) is 0 Å². The fourth-order valence-corrected chi connectivity index (χ4v) is 4.09. The minimum Gasteiger partial charge on any atom is -0.489 e. The van der Waals surface area contributed by atoms with Gasteiger partial charge in [0.05, 0.1) is 10.7 Å². The molecule has 0 aliphatic carbocycles. The predicted octanol–water partition coefficient (Wildman–Crippen LogP) is 7.17. The van der Waals surface area contributed by atoms with E-state index in [0.29, 0.717) is 6.61 Å². The topological polar surface area (TPSA) is 24.5 Å². The van der Waals surface area contributed by atoms with Crippen molar-refractivity contribution in [3.05, 3.63) is 87.9 Å². The lowest BCUT2D eigenvalue weighted by Crippen LogP contribution is -2.29. The van der Waals surface area contributed by atoms with Crippen LogP contribution in [0.1, 0.15) is 30.4 Å². The van der Waals surface area contributed by atoms with Gasteiger partial charge in [-0.25, -0.2) is 0 Å². The second-order valence-electron chi connectivity index (χ2n) is 7.63. The molecule has 0 bridgehead atoms. The van der Waals surface area contributed by atoms with E-state index < -0.39 is 0 Å². The van der Waals surface area contributed by atoms with Crippen molar-refractivity contribution in [2.75, 3.05) is 23.3 Å². The van der Waals surface area contributed by atoms with E-state index in [1.54, 1.807) is 0 Å². The lowest BCUT2D eigenvalue weighted by atomic mass is 10.1. The number of piperidine rings is 1. The summed E-state index contributed by atoms with van der Waals surface area (Å²) in [6.07, 6.45) is 3.81. The molecule has 1 heterocycles. The first-order valence-electron chi connectivity index (χ1n) is 10.4. The van der Waals surface area contributed by atoms with Crippen LogP contribution in [-0.2, 0) is 13.2 Å². The smallest absolute Gasteiger partial charge is 0.119 e. The molecule has 0 unspecified atom stereocenters. The minimum atomic E-state index is 0.524. The molecule has 0 amide bonds. The third kappa shape index (κ3) is 5.62. The molecule has 3 nitrogen and oxygen atoms in total. The molecule has 1 fully saturated rings.